The summed E-state index contributed by atoms with van der Waals surface area (Å²) in [6.45, 7) is 16.5. The van der Waals surface area contributed by atoms with Crippen molar-refractivity contribution in [2.45, 2.75) is 80.8 Å². The number of carboxylic acids is 2. The summed E-state index contributed by atoms with van der Waals surface area (Å²) in [4.78, 5) is 41.0. The molecule has 0 saturated carbocycles. The van der Waals surface area contributed by atoms with Crippen LogP contribution in [0.15, 0.2) is 116 Å². The lowest BCUT2D eigenvalue weighted by molar-refractivity contribution is -0.139. The van der Waals surface area contributed by atoms with Crippen LogP contribution in [0.3, 0.4) is 0 Å². The number of carbonyl (C=O) groups is 3. The highest BCUT2D eigenvalue weighted by molar-refractivity contribution is 6.00. The molecule has 0 saturated heterocycles. The quantitative estimate of drug-likeness (QED) is 0.106. The van der Waals surface area contributed by atoms with E-state index in [2.05, 4.69) is 9.97 Å². The molecular weight excluding hydrogens is 640 g/mol. The largest absolute Gasteiger partial charge is 0.489 e. The Morgan fingerprint density at radius 3 is 1.80 bits per heavy atom. The third-order valence-corrected chi connectivity index (χ3v) is 7.11. The Labute approximate surface area is 302 Å². The van der Waals surface area contributed by atoms with Gasteiger partial charge in [-0.2, -0.15) is 0 Å². The first-order chi connectivity index (χ1) is 24.9. The summed E-state index contributed by atoms with van der Waals surface area (Å²) in [5.41, 5.74) is 4.83. The molecule has 2 heterocycles. The Balaban J connectivity index is 0.000000427. The molecule has 0 radical (unpaired) electrons. The molecule has 0 aliphatic rings. The van der Waals surface area contributed by atoms with Crippen molar-refractivity contribution < 1.29 is 29.3 Å². The van der Waals surface area contributed by atoms with E-state index in [1.54, 1.807) is 36.7 Å². The molecule has 2 aromatic heterocycles. The van der Waals surface area contributed by atoms with E-state index in [1.807, 2.05) is 134 Å². The Bertz CT molecular complexity index is 1860. The molecule has 1 unspecified atom stereocenters. The zero-order chi connectivity index (χ0) is 38.2. The average Bonchev–Trinajstić information content (AvgIpc) is 3.80. The Morgan fingerprint density at radius 2 is 1.20 bits per heavy atom. The van der Waals surface area contributed by atoms with Gasteiger partial charge >= 0.3 is 11.9 Å². The molecule has 0 aliphatic heterocycles. The maximum atomic E-state index is 12.3. The van der Waals surface area contributed by atoms with Crippen molar-refractivity contribution in [3.8, 4) is 5.75 Å². The summed E-state index contributed by atoms with van der Waals surface area (Å²) >= 11 is 0. The molecule has 0 spiro atoms. The number of nitrogens with one attached hydrogen (secondary N) is 2. The van der Waals surface area contributed by atoms with Crippen molar-refractivity contribution in [3.63, 3.8) is 0 Å². The minimum Gasteiger partial charge on any atom is -0.489 e. The van der Waals surface area contributed by atoms with Crippen LogP contribution in [0.1, 0.15) is 94.8 Å². The number of H-pyrrole nitrogens is 2. The van der Waals surface area contributed by atoms with Crippen LogP contribution in [0.5, 0.6) is 5.75 Å². The number of ether oxygens (including phenoxy) is 1. The van der Waals surface area contributed by atoms with Crippen LogP contribution in [0.25, 0.3) is 21.8 Å². The van der Waals surface area contributed by atoms with Crippen LogP contribution < -0.4 is 4.74 Å². The third-order valence-electron chi connectivity index (χ3n) is 7.11. The van der Waals surface area contributed by atoms with Crippen molar-refractivity contribution >= 4 is 39.5 Å². The number of para-hydroxylation sites is 1. The van der Waals surface area contributed by atoms with Gasteiger partial charge in [-0.1, -0.05) is 134 Å². The SMILES string of the molecule is CC.CC.CC.CC.O=C(CC(C(=O)O)c1c[nH]c2ccccc12)c1ccccc1.O=C(O)Cc1c[nH]c2ccc(OCc3ccccc3)cc12. The van der Waals surface area contributed by atoms with Gasteiger partial charge in [0, 0.05) is 46.2 Å². The molecule has 51 heavy (non-hydrogen) atoms. The van der Waals surface area contributed by atoms with Crippen molar-refractivity contribution in [1.82, 2.24) is 9.97 Å². The van der Waals surface area contributed by atoms with E-state index < -0.39 is 17.9 Å². The van der Waals surface area contributed by atoms with Crippen molar-refractivity contribution in [1.29, 1.82) is 0 Å². The Morgan fingerprint density at radius 1 is 0.647 bits per heavy atom. The molecule has 0 aliphatic carbocycles. The number of benzene rings is 4. The number of carbonyl (C=O) groups excluding carboxylic acids is 1. The average molecular weight is 695 g/mol. The number of ketones is 1. The number of Topliss-reactive ketones (excluding diaryl/α,β-unsaturated/α-hetero) is 1. The first-order valence-electron chi connectivity index (χ1n) is 17.7. The van der Waals surface area contributed by atoms with Gasteiger partial charge < -0.3 is 24.9 Å². The van der Waals surface area contributed by atoms with E-state index in [1.165, 1.54) is 0 Å². The second-order valence-electron chi connectivity index (χ2n) is 10.0. The van der Waals surface area contributed by atoms with Gasteiger partial charge in [0.2, 0.25) is 0 Å². The summed E-state index contributed by atoms with van der Waals surface area (Å²) in [6.07, 6.45) is 3.37. The molecule has 4 aromatic carbocycles. The fourth-order valence-electron chi connectivity index (χ4n) is 4.94. The van der Waals surface area contributed by atoms with Gasteiger partial charge in [0.1, 0.15) is 12.4 Å². The lowest BCUT2D eigenvalue weighted by Crippen LogP contribution is -2.16. The molecule has 8 heteroatoms. The highest BCUT2D eigenvalue weighted by atomic mass is 16.5. The lowest BCUT2D eigenvalue weighted by Gasteiger charge is -2.11. The molecule has 272 valence electrons. The molecule has 4 N–H and O–H groups in total. The standard InChI is InChI=1S/C18H15NO3.C17H15NO3.4C2H6/c20-17(12-6-2-1-3-7-12)10-14(18(21)22)15-11-19-16-9-5-4-8-13(15)16;19-17(20)8-13-10-18-16-7-6-14(9-15(13)16)21-11-12-4-2-1-3-5-12;4*1-2/h1-9,11,14,19H,10H2,(H,21,22);1-7,9-10,18H,8,11H2,(H,19,20);4*1-2H3. The van der Waals surface area contributed by atoms with E-state index in [-0.39, 0.29) is 18.6 Å². The highest BCUT2D eigenvalue weighted by Gasteiger charge is 2.26. The van der Waals surface area contributed by atoms with E-state index >= 15 is 0 Å². The highest BCUT2D eigenvalue weighted by Crippen LogP contribution is 2.29. The third kappa shape index (κ3) is 13.3. The molecule has 0 bridgehead atoms. The van der Waals surface area contributed by atoms with Crippen LogP contribution in [-0.4, -0.2) is 37.9 Å². The number of aromatic amines is 2. The minimum absolute atomic E-state index is 0.00212. The number of hydrogen-bond acceptors (Lipinski definition) is 4. The summed E-state index contributed by atoms with van der Waals surface area (Å²) < 4.78 is 5.77. The first-order valence-corrected chi connectivity index (χ1v) is 17.7. The van der Waals surface area contributed by atoms with Crippen LogP contribution in [-0.2, 0) is 22.6 Å². The van der Waals surface area contributed by atoms with Gasteiger partial charge in [-0.15, -0.1) is 0 Å². The summed E-state index contributed by atoms with van der Waals surface area (Å²) in [6, 6.07) is 31.9. The summed E-state index contributed by atoms with van der Waals surface area (Å²) in [5.74, 6) is -2.12. The molecule has 1 atom stereocenters. The molecule has 0 amide bonds. The smallest absolute Gasteiger partial charge is 0.311 e. The predicted molar refractivity (Wildman–Crippen MR) is 210 cm³/mol. The molecule has 6 rings (SSSR count). The second-order valence-corrected chi connectivity index (χ2v) is 10.0. The van der Waals surface area contributed by atoms with Gasteiger partial charge in [-0.25, -0.2) is 0 Å². The molecule has 8 nitrogen and oxygen atoms in total. The molecule has 6 aromatic rings. The van der Waals surface area contributed by atoms with Crippen molar-refractivity contribution in [2.24, 2.45) is 0 Å². The number of aromatic nitrogens is 2. The van der Waals surface area contributed by atoms with E-state index in [9.17, 15) is 19.5 Å². The van der Waals surface area contributed by atoms with E-state index in [4.69, 9.17) is 9.84 Å². The van der Waals surface area contributed by atoms with Gasteiger partial charge in [0.15, 0.2) is 5.78 Å². The van der Waals surface area contributed by atoms with Crippen molar-refractivity contribution in [2.75, 3.05) is 0 Å². The zero-order valence-electron chi connectivity index (χ0n) is 31.2. The van der Waals surface area contributed by atoms with Gasteiger partial charge in [-0.05, 0) is 41.0 Å². The first kappa shape index (κ1) is 43.4. The second kappa shape index (κ2) is 24.5. The normalized spacial score (nSPS) is 10.1. The monoisotopic (exact) mass is 694 g/mol. The lowest BCUT2D eigenvalue weighted by atomic mass is 9.91. The summed E-state index contributed by atoms with van der Waals surface area (Å²) in [7, 11) is 0. The van der Waals surface area contributed by atoms with Crippen LogP contribution in [0, 0.1) is 0 Å². The fourth-order valence-corrected chi connectivity index (χ4v) is 4.94. The molecular formula is C43H54N2O6. The van der Waals surface area contributed by atoms with Crippen LogP contribution >= 0.6 is 0 Å². The fraction of sp³-hybridized carbons (Fsp3) is 0.279. The Hall–Kier alpha value is -5.63. The summed E-state index contributed by atoms with van der Waals surface area (Å²) in [5, 5.41) is 20.2. The number of hydrogen-bond donors (Lipinski definition) is 4. The van der Waals surface area contributed by atoms with Gasteiger partial charge in [0.25, 0.3) is 0 Å². The number of rotatable bonds is 10. The van der Waals surface area contributed by atoms with Crippen molar-refractivity contribution in [3.05, 3.63) is 138 Å². The number of aliphatic carboxylic acids is 2. The maximum Gasteiger partial charge on any atom is 0.311 e. The number of fused-ring (bicyclic) bond motifs is 2. The van der Waals surface area contributed by atoms with E-state index in [0.29, 0.717) is 17.7 Å². The minimum atomic E-state index is -0.992. The van der Waals surface area contributed by atoms with Gasteiger partial charge in [0.05, 0.1) is 12.3 Å². The van der Waals surface area contributed by atoms with Crippen LogP contribution in [0.4, 0.5) is 0 Å². The topological polar surface area (TPSA) is 132 Å². The van der Waals surface area contributed by atoms with Crippen LogP contribution in [0.2, 0.25) is 0 Å². The molecule has 0 fully saturated rings. The predicted octanol–water partition coefficient (Wildman–Crippen LogP) is 11.1. The van der Waals surface area contributed by atoms with E-state index in [0.717, 1.165) is 38.7 Å². The Kier molecular flexibility index (Phi) is 20.8. The van der Waals surface area contributed by atoms with Gasteiger partial charge in [-0.3, -0.25) is 14.4 Å². The number of carboxylic acid groups (broad SMARTS) is 2. The zero-order valence-corrected chi connectivity index (χ0v) is 31.2. The maximum absolute atomic E-state index is 12.3.